The van der Waals surface area contributed by atoms with Gasteiger partial charge in [0.05, 0.1) is 0 Å². The van der Waals surface area contributed by atoms with Crippen LogP contribution in [0.25, 0.3) is 0 Å². The summed E-state index contributed by atoms with van der Waals surface area (Å²) in [5, 5.41) is 0. The third-order valence-corrected chi connectivity index (χ3v) is 5.41. The van der Waals surface area contributed by atoms with E-state index in [4.69, 9.17) is 0 Å². The molecule has 0 saturated carbocycles. The van der Waals surface area contributed by atoms with Gasteiger partial charge in [0, 0.05) is 24.0 Å². The van der Waals surface area contributed by atoms with E-state index in [0.717, 1.165) is 12.8 Å². The standard InChI is InChI=1S/C24H30O2/c1-5-17(3)19-7-11-21(12-8-19)23(25)15-16-24(26)22-13-9-20(10-14-22)18(4)6-2/h7-14,17-18H,5-6,15-16H2,1-4H3. The summed E-state index contributed by atoms with van der Waals surface area (Å²) in [6.45, 7) is 8.68. The highest BCUT2D eigenvalue weighted by Gasteiger charge is 2.12. The van der Waals surface area contributed by atoms with Crippen molar-refractivity contribution in [3.05, 3.63) is 70.8 Å². The first-order valence-corrected chi connectivity index (χ1v) is 9.72. The zero-order chi connectivity index (χ0) is 19.1. The topological polar surface area (TPSA) is 34.1 Å². The molecule has 26 heavy (non-hydrogen) atoms. The number of Topliss-reactive ketones (excluding diaryl/α,β-unsaturated/α-hetero) is 2. The van der Waals surface area contributed by atoms with Crippen molar-refractivity contribution in [2.45, 2.75) is 65.2 Å². The Morgan fingerprint density at radius 3 is 1.23 bits per heavy atom. The maximum atomic E-state index is 12.4. The molecule has 0 heterocycles. The first-order valence-electron chi connectivity index (χ1n) is 9.72. The van der Waals surface area contributed by atoms with Crippen LogP contribution < -0.4 is 0 Å². The fraction of sp³-hybridized carbons (Fsp3) is 0.417. The van der Waals surface area contributed by atoms with Crippen molar-refractivity contribution in [1.82, 2.24) is 0 Å². The molecule has 0 spiro atoms. The Labute approximate surface area is 157 Å². The Morgan fingerprint density at radius 1 is 0.654 bits per heavy atom. The number of benzene rings is 2. The van der Waals surface area contributed by atoms with Gasteiger partial charge in [0.15, 0.2) is 11.6 Å². The third-order valence-electron chi connectivity index (χ3n) is 5.41. The van der Waals surface area contributed by atoms with Gasteiger partial charge in [-0.1, -0.05) is 76.2 Å². The second kappa shape index (κ2) is 9.47. The van der Waals surface area contributed by atoms with Crippen LogP contribution >= 0.6 is 0 Å². The summed E-state index contributed by atoms with van der Waals surface area (Å²) >= 11 is 0. The predicted octanol–water partition coefficient (Wildman–Crippen LogP) is 6.56. The van der Waals surface area contributed by atoms with Gasteiger partial charge in [-0.3, -0.25) is 9.59 Å². The molecule has 0 aliphatic heterocycles. The van der Waals surface area contributed by atoms with E-state index >= 15 is 0 Å². The van der Waals surface area contributed by atoms with Crippen LogP contribution in [0.5, 0.6) is 0 Å². The zero-order valence-corrected chi connectivity index (χ0v) is 16.4. The molecule has 0 aromatic heterocycles. The monoisotopic (exact) mass is 350 g/mol. The quantitative estimate of drug-likeness (QED) is 0.480. The summed E-state index contributed by atoms with van der Waals surface area (Å²) in [7, 11) is 0. The lowest BCUT2D eigenvalue weighted by Crippen LogP contribution is -2.06. The van der Waals surface area contributed by atoms with Gasteiger partial charge in [0.2, 0.25) is 0 Å². The van der Waals surface area contributed by atoms with E-state index in [2.05, 4.69) is 27.7 Å². The Balaban J connectivity index is 1.93. The highest BCUT2D eigenvalue weighted by atomic mass is 16.1. The molecule has 0 bridgehead atoms. The molecule has 0 aliphatic carbocycles. The molecular weight excluding hydrogens is 320 g/mol. The molecule has 0 saturated heterocycles. The minimum Gasteiger partial charge on any atom is -0.294 e. The van der Waals surface area contributed by atoms with E-state index < -0.39 is 0 Å². The maximum Gasteiger partial charge on any atom is 0.163 e. The van der Waals surface area contributed by atoms with E-state index in [9.17, 15) is 9.59 Å². The van der Waals surface area contributed by atoms with Crippen LogP contribution in [0.4, 0.5) is 0 Å². The van der Waals surface area contributed by atoms with Crippen molar-refractivity contribution >= 4 is 11.6 Å². The Kier molecular flexibility index (Phi) is 7.32. The highest BCUT2D eigenvalue weighted by molar-refractivity contribution is 6.02. The Morgan fingerprint density at radius 2 is 0.962 bits per heavy atom. The van der Waals surface area contributed by atoms with Gasteiger partial charge < -0.3 is 0 Å². The van der Waals surface area contributed by atoms with Gasteiger partial charge in [-0.05, 0) is 35.8 Å². The van der Waals surface area contributed by atoms with Crippen molar-refractivity contribution in [1.29, 1.82) is 0 Å². The Hall–Kier alpha value is -2.22. The van der Waals surface area contributed by atoms with E-state index in [1.807, 2.05) is 48.5 Å². The van der Waals surface area contributed by atoms with Gasteiger partial charge in [0.1, 0.15) is 0 Å². The molecule has 2 atom stereocenters. The van der Waals surface area contributed by atoms with Gasteiger partial charge in [-0.25, -0.2) is 0 Å². The minimum atomic E-state index is 0.0327. The lowest BCUT2D eigenvalue weighted by molar-refractivity contribution is 0.0917. The molecule has 0 amide bonds. The molecule has 2 unspecified atom stereocenters. The van der Waals surface area contributed by atoms with Crippen molar-refractivity contribution in [2.75, 3.05) is 0 Å². The largest absolute Gasteiger partial charge is 0.294 e. The number of rotatable bonds is 9. The van der Waals surface area contributed by atoms with Crippen LogP contribution in [0.2, 0.25) is 0 Å². The van der Waals surface area contributed by atoms with Crippen LogP contribution in [-0.2, 0) is 0 Å². The number of ketones is 2. The SMILES string of the molecule is CCC(C)c1ccc(C(=O)CCC(=O)c2ccc(C(C)CC)cc2)cc1. The first-order chi connectivity index (χ1) is 12.5. The van der Waals surface area contributed by atoms with Crippen LogP contribution in [-0.4, -0.2) is 11.6 Å². The van der Waals surface area contributed by atoms with Crippen molar-refractivity contribution in [2.24, 2.45) is 0 Å². The second-order valence-corrected chi connectivity index (χ2v) is 7.21. The lowest BCUT2D eigenvalue weighted by atomic mass is 9.94. The molecule has 0 N–H and O–H groups in total. The summed E-state index contributed by atoms with van der Waals surface area (Å²) in [6.07, 6.45) is 2.68. The van der Waals surface area contributed by atoms with Crippen molar-refractivity contribution in [3.8, 4) is 0 Å². The van der Waals surface area contributed by atoms with Crippen LogP contribution in [0, 0.1) is 0 Å². The zero-order valence-electron chi connectivity index (χ0n) is 16.4. The molecule has 2 nitrogen and oxygen atoms in total. The molecule has 0 fully saturated rings. The summed E-state index contributed by atoms with van der Waals surface area (Å²) < 4.78 is 0. The molecule has 2 aromatic carbocycles. The number of carbonyl (C=O) groups is 2. The molecule has 138 valence electrons. The molecule has 0 aliphatic rings. The predicted molar refractivity (Wildman–Crippen MR) is 108 cm³/mol. The van der Waals surface area contributed by atoms with Crippen LogP contribution in [0.15, 0.2) is 48.5 Å². The fourth-order valence-electron chi connectivity index (χ4n) is 2.98. The van der Waals surface area contributed by atoms with E-state index in [1.54, 1.807) is 0 Å². The molecule has 2 heteroatoms. The molecular formula is C24H30O2. The average Bonchev–Trinajstić information content (AvgIpc) is 2.70. The minimum absolute atomic E-state index is 0.0327. The molecule has 2 rings (SSSR count). The van der Waals surface area contributed by atoms with Gasteiger partial charge >= 0.3 is 0 Å². The van der Waals surface area contributed by atoms with Crippen molar-refractivity contribution < 1.29 is 9.59 Å². The second-order valence-electron chi connectivity index (χ2n) is 7.21. The summed E-state index contributed by atoms with van der Waals surface area (Å²) in [5.74, 6) is 1.06. The van der Waals surface area contributed by atoms with E-state index in [-0.39, 0.29) is 24.4 Å². The summed E-state index contributed by atoms with van der Waals surface area (Å²) in [4.78, 5) is 24.7. The molecule has 0 radical (unpaired) electrons. The fourth-order valence-corrected chi connectivity index (χ4v) is 2.98. The van der Waals surface area contributed by atoms with Crippen LogP contribution in [0.1, 0.15) is 97.1 Å². The van der Waals surface area contributed by atoms with E-state index in [1.165, 1.54) is 11.1 Å². The Bertz CT molecular complexity index is 660. The first kappa shape index (κ1) is 20.1. The summed E-state index contributed by atoms with van der Waals surface area (Å²) in [6, 6.07) is 15.6. The number of hydrogen-bond acceptors (Lipinski definition) is 2. The average molecular weight is 351 g/mol. The lowest BCUT2D eigenvalue weighted by Gasteiger charge is -2.10. The summed E-state index contributed by atoms with van der Waals surface area (Å²) in [5.41, 5.74) is 3.89. The van der Waals surface area contributed by atoms with Gasteiger partial charge in [-0.15, -0.1) is 0 Å². The van der Waals surface area contributed by atoms with E-state index in [0.29, 0.717) is 23.0 Å². The van der Waals surface area contributed by atoms with Crippen LogP contribution in [0.3, 0.4) is 0 Å². The number of carbonyl (C=O) groups excluding carboxylic acids is 2. The van der Waals surface area contributed by atoms with Crippen molar-refractivity contribution in [3.63, 3.8) is 0 Å². The maximum absolute atomic E-state index is 12.4. The normalized spacial score (nSPS) is 13.2. The van der Waals surface area contributed by atoms with Gasteiger partial charge in [-0.2, -0.15) is 0 Å². The smallest absolute Gasteiger partial charge is 0.163 e. The highest BCUT2D eigenvalue weighted by Crippen LogP contribution is 2.21. The van der Waals surface area contributed by atoms with Gasteiger partial charge in [0.25, 0.3) is 0 Å². The molecule has 2 aromatic rings. The third kappa shape index (κ3) is 5.14. The number of hydrogen-bond donors (Lipinski definition) is 0.